The molecule has 0 radical (unpaired) electrons. The van der Waals surface area contributed by atoms with Crippen molar-refractivity contribution in [1.82, 2.24) is 4.90 Å². The van der Waals surface area contributed by atoms with Crippen LogP contribution in [0.5, 0.6) is 0 Å². The Labute approximate surface area is 149 Å². The van der Waals surface area contributed by atoms with Crippen LogP contribution in [0.4, 0.5) is 5.69 Å². The summed E-state index contributed by atoms with van der Waals surface area (Å²) < 4.78 is 0. The van der Waals surface area contributed by atoms with E-state index in [0.29, 0.717) is 11.3 Å². The molecule has 0 spiro atoms. The van der Waals surface area contributed by atoms with Gasteiger partial charge in [-0.1, -0.05) is 18.7 Å². The molecule has 6 heteroatoms. The zero-order chi connectivity index (χ0) is 16.9. The Morgan fingerprint density at radius 1 is 1.29 bits per heavy atom. The SMILES string of the molecule is C=CC(=O)Nc1cccc(C(=O)N2CCSCC2c2cccs2)c1. The van der Waals surface area contributed by atoms with Gasteiger partial charge in [0.15, 0.2) is 0 Å². The van der Waals surface area contributed by atoms with Crippen LogP contribution in [0.15, 0.2) is 54.4 Å². The van der Waals surface area contributed by atoms with Gasteiger partial charge in [0.2, 0.25) is 5.91 Å². The van der Waals surface area contributed by atoms with E-state index in [2.05, 4.69) is 18.0 Å². The first-order chi connectivity index (χ1) is 11.7. The van der Waals surface area contributed by atoms with Gasteiger partial charge in [0.05, 0.1) is 6.04 Å². The molecule has 1 fully saturated rings. The fourth-order valence-electron chi connectivity index (χ4n) is 2.65. The molecular formula is C18H18N2O2S2. The van der Waals surface area contributed by atoms with Crippen molar-refractivity contribution in [2.45, 2.75) is 6.04 Å². The van der Waals surface area contributed by atoms with Gasteiger partial charge < -0.3 is 10.2 Å². The highest BCUT2D eigenvalue weighted by Crippen LogP contribution is 2.33. The van der Waals surface area contributed by atoms with Crippen LogP contribution in [-0.4, -0.2) is 34.8 Å². The molecule has 0 aliphatic carbocycles. The van der Waals surface area contributed by atoms with Crippen molar-refractivity contribution in [2.75, 3.05) is 23.4 Å². The molecule has 1 aromatic carbocycles. The van der Waals surface area contributed by atoms with Crippen molar-refractivity contribution in [3.8, 4) is 0 Å². The third kappa shape index (κ3) is 3.71. The molecule has 124 valence electrons. The number of hydrogen-bond acceptors (Lipinski definition) is 4. The van der Waals surface area contributed by atoms with Crippen molar-refractivity contribution in [3.05, 3.63) is 64.9 Å². The first-order valence-corrected chi connectivity index (χ1v) is 9.68. The number of carbonyl (C=O) groups excluding carboxylic acids is 2. The summed E-state index contributed by atoms with van der Waals surface area (Å²) in [6, 6.07) is 11.3. The molecule has 3 rings (SSSR count). The summed E-state index contributed by atoms with van der Waals surface area (Å²) >= 11 is 3.56. The number of benzene rings is 1. The van der Waals surface area contributed by atoms with Crippen LogP contribution in [0.3, 0.4) is 0 Å². The van der Waals surface area contributed by atoms with E-state index in [1.165, 1.54) is 11.0 Å². The van der Waals surface area contributed by atoms with Crippen LogP contribution in [0.1, 0.15) is 21.3 Å². The summed E-state index contributed by atoms with van der Waals surface area (Å²) in [5.41, 5.74) is 1.19. The lowest BCUT2D eigenvalue weighted by Crippen LogP contribution is -2.40. The van der Waals surface area contributed by atoms with Gasteiger partial charge in [0, 0.05) is 34.2 Å². The lowest BCUT2D eigenvalue weighted by atomic mass is 10.1. The number of nitrogens with one attached hydrogen (secondary N) is 1. The molecule has 1 unspecified atom stereocenters. The fraction of sp³-hybridized carbons (Fsp3) is 0.222. The van der Waals surface area contributed by atoms with Crippen molar-refractivity contribution >= 4 is 40.6 Å². The third-order valence-corrected chi connectivity index (χ3v) is 5.82. The Kier molecular flexibility index (Phi) is 5.37. The molecule has 0 bridgehead atoms. The molecule has 1 aliphatic rings. The number of thiophene rings is 1. The van der Waals surface area contributed by atoms with E-state index in [-0.39, 0.29) is 17.9 Å². The maximum Gasteiger partial charge on any atom is 0.254 e. The quantitative estimate of drug-likeness (QED) is 0.846. The van der Waals surface area contributed by atoms with Gasteiger partial charge in [-0.25, -0.2) is 0 Å². The van der Waals surface area contributed by atoms with Crippen molar-refractivity contribution in [3.63, 3.8) is 0 Å². The van der Waals surface area contributed by atoms with E-state index < -0.39 is 0 Å². The fourth-order valence-corrected chi connectivity index (χ4v) is 4.67. The predicted octanol–water partition coefficient (Wildman–Crippen LogP) is 3.80. The molecule has 2 heterocycles. The number of thioether (sulfide) groups is 1. The summed E-state index contributed by atoms with van der Waals surface area (Å²) in [6.45, 7) is 4.17. The molecule has 4 nitrogen and oxygen atoms in total. The third-order valence-electron chi connectivity index (χ3n) is 3.82. The van der Waals surface area contributed by atoms with Crippen LogP contribution in [0, 0.1) is 0 Å². The average Bonchev–Trinajstić information content (AvgIpc) is 3.15. The number of amides is 2. The van der Waals surface area contributed by atoms with E-state index in [9.17, 15) is 9.59 Å². The van der Waals surface area contributed by atoms with Crippen LogP contribution in [0.25, 0.3) is 0 Å². The topological polar surface area (TPSA) is 49.4 Å². The van der Waals surface area contributed by atoms with Crippen molar-refractivity contribution in [2.24, 2.45) is 0 Å². The Balaban J connectivity index is 1.83. The zero-order valence-electron chi connectivity index (χ0n) is 13.1. The summed E-state index contributed by atoms with van der Waals surface area (Å²) in [5.74, 6) is 1.58. The normalized spacial score (nSPS) is 17.3. The largest absolute Gasteiger partial charge is 0.329 e. The monoisotopic (exact) mass is 358 g/mol. The number of hydrogen-bond donors (Lipinski definition) is 1. The van der Waals surface area contributed by atoms with E-state index in [1.807, 2.05) is 28.1 Å². The molecule has 1 saturated heterocycles. The second kappa shape index (κ2) is 7.68. The second-order valence-corrected chi connectivity index (χ2v) is 7.51. The van der Waals surface area contributed by atoms with E-state index in [4.69, 9.17) is 0 Å². The number of nitrogens with zero attached hydrogens (tertiary/aromatic N) is 1. The van der Waals surface area contributed by atoms with E-state index in [0.717, 1.165) is 18.1 Å². The molecule has 1 atom stereocenters. The highest BCUT2D eigenvalue weighted by atomic mass is 32.2. The summed E-state index contributed by atoms with van der Waals surface area (Å²) in [6.07, 6.45) is 1.21. The number of anilines is 1. The standard InChI is InChI=1S/C18H18N2O2S2/c1-2-17(21)19-14-6-3-5-13(11-14)18(22)20-8-10-23-12-15(20)16-7-4-9-24-16/h2-7,9,11,15H,1,8,10,12H2,(H,19,21). The van der Waals surface area contributed by atoms with Crippen molar-refractivity contribution < 1.29 is 9.59 Å². The van der Waals surface area contributed by atoms with Gasteiger partial charge in [0.25, 0.3) is 5.91 Å². The van der Waals surface area contributed by atoms with Gasteiger partial charge in [-0.15, -0.1) is 11.3 Å². The maximum absolute atomic E-state index is 13.0. The van der Waals surface area contributed by atoms with Gasteiger partial charge >= 0.3 is 0 Å². The van der Waals surface area contributed by atoms with Gasteiger partial charge in [0.1, 0.15) is 0 Å². The Bertz CT molecular complexity index is 743. The minimum absolute atomic E-state index is 0.00315. The van der Waals surface area contributed by atoms with E-state index in [1.54, 1.807) is 35.6 Å². The number of rotatable bonds is 4. The minimum atomic E-state index is -0.287. The Hall–Kier alpha value is -2.05. The highest BCUT2D eigenvalue weighted by molar-refractivity contribution is 7.99. The molecule has 2 aromatic rings. The Morgan fingerprint density at radius 2 is 2.17 bits per heavy atom. The van der Waals surface area contributed by atoms with Crippen LogP contribution in [0.2, 0.25) is 0 Å². The van der Waals surface area contributed by atoms with Crippen LogP contribution in [-0.2, 0) is 4.79 Å². The summed E-state index contributed by atoms with van der Waals surface area (Å²) in [7, 11) is 0. The molecule has 1 aromatic heterocycles. The maximum atomic E-state index is 13.0. The predicted molar refractivity (Wildman–Crippen MR) is 101 cm³/mol. The van der Waals surface area contributed by atoms with Crippen LogP contribution < -0.4 is 5.32 Å². The average molecular weight is 358 g/mol. The molecule has 24 heavy (non-hydrogen) atoms. The first-order valence-electron chi connectivity index (χ1n) is 7.64. The minimum Gasteiger partial charge on any atom is -0.329 e. The van der Waals surface area contributed by atoms with E-state index >= 15 is 0 Å². The van der Waals surface area contributed by atoms with Gasteiger partial charge in [-0.3, -0.25) is 9.59 Å². The molecule has 1 aliphatic heterocycles. The zero-order valence-corrected chi connectivity index (χ0v) is 14.7. The van der Waals surface area contributed by atoms with Gasteiger partial charge in [-0.2, -0.15) is 11.8 Å². The summed E-state index contributed by atoms with van der Waals surface area (Å²) in [4.78, 5) is 27.6. The van der Waals surface area contributed by atoms with Crippen LogP contribution >= 0.6 is 23.1 Å². The lowest BCUT2D eigenvalue weighted by Gasteiger charge is -2.35. The smallest absolute Gasteiger partial charge is 0.254 e. The summed E-state index contributed by atoms with van der Waals surface area (Å²) in [5, 5.41) is 4.74. The molecule has 1 N–H and O–H groups in total. The Morgan fingerprint density at radius 3 is 2.92 bits per heavy atom. The number of carbonyl (C=O) groups is 2. The highest BCUT2D eigenvalue weighted by Gasteiger charge is 2.29. The molecular weight excluding hydrogens is 340 g/mol. The second-order valence-electron chi connectivity index (χ2n) is 5.38. The molecule has 2 amide bonds. The molecule has 0 saturated carbocycles. The van der Waals surface area contributed by atoms with Gasteiger partial charge in [-0.05, 0) is 35.7 Å². The lowest BCUT2D eigenvalue weighted by molar-refractivity contribution is -0.111. The first kappa shape index (κ1) is 16.8. The van der Waals surface area contributed by atoms with Crippen molar-refractivity contribution in [1.29, 1.82) is 0 Å².